The van der Waals surface area contributed by atoms with E-state index in [2.05, 4.69) is 44.4 Å². The van der Waals surface area contributed by atoms with Crippen LogP contribution in [0, 0.1) is 12.7 Å². The summed E-state index contributed by atoms with van der Waals surface area (Å²) in [6, 6.07) is 25.1. The molecule has 5 aromatic rings. The zero-order valence-electron chi connectivity index (χ0n) is 22.3. The molecule has 6 nitrogen and oxygen atoms in total. The third-order valence-electron chi connectivity index (χ3n) is 7.26. The van der Waals surface area contributed by atoms with Gasteiger partial charge in [-0.2, -0.15) is 0 Å². The van der Waals surface area contributed by atoms with Gasteiger partial charge < -0.3 is 15.1 Å². The van der Waals surface area contributed by atoms with E-state index >= 15 is 0 Å². The number of para-hydroxylation sites is 1. The van der Waals surface area contributed by atoms with E-state index in [-0.39, 0.29) is 5.82 Å². The smallest absolute Gasteiger partial charge is 0.225 e. The minimum atomic E-state index is -0.222. The number of halogens is 2. The lowest BCUT2D eigenvalue weighted by Crippen LogP contribution is -2.47. The molecule has 1 aliphatic rings. The first-order valence-corrected chi connectivity index (χ1v) is 13.9. The van der Waals surface area contributed by atoms with Crippen LogP contribution in [0.4, 0.5) is 27.4 Å². The van der Waals surface area contributed by atoms with Crippen molar-refractivity contribution in [3.05, 3.63) is 113 Å². The predicted octanol–water partition coefficient (Wildman–Crippen LogP) is 6.98. The summed E-state index contributed by atoms with van der Waals surface area (Å²) in [5.74, 6) is 0.531. The molecule has 0 saturated carbocycles. The molecule has 1 N–H and O–H groups in total. The van der Waals surface area contributed by atoms with E-state index in [9.17, 15) is 4.39 Å². The Balaban J connectivity index is 1.14. The van der Waals surface area contributed by atoms with Crippen LogP contribution < -0.4 is 15.1 Å². The van der Waals surface area contributed by atoms with E-state index in [4.69, 9.17) is 21.6 Å². The van der Waals surface area contributed by atoms with Crippen LogP contribution in [-0.4, -0.2) is 41.1 Å². The number of nitrogens with one attached hydrogen (secondary N) is 1. The van der Waals surface area contributed by atoms with Crippen LogP contribution in [-0.2, 0) is 12.8 Å². The van der Waals surface area contributed by atoms with Crippen LogP contribution in [0.15, 0.2) is 85.1 Å². The summed E-state index contributed by atoms with van der Waals surface area (Å²) >= 11 is 6.13. The molecule has 40 heavy (non-hydrogen) atoms. The average Bonchev–Trinajstić information content (AvgIpc) is 2.97. The fourth-order valence-electron chi connectivity index (χ4n) is 5.18. The average molecular weight is 553 g/mol. The second-order valence-electron chi connectivity index (χ2n) is 10.1. The van der Waals surface area contributed by atoms with E-state index in [1.807, 2.05) is 49.4 Å². The first kappa shape index (κ1) is 26.0. The quantitative estimate of drug-likeness (QED) is 0.235. The van der Waals surface area contributed by atoms with E-state index in [1.165, 1.54) is 11.8 Å². The van der Waals surface area contributed by atoms with Crippen molar-refractivity contribution >= 4 is 45.5 Å². The van der Waals surface area contributed by atoms with Crippen molar-refractivity contribution in [1.29, 1.82) is 0 Å². The summed E-state index contributed by atoms with van der Waals surface area (Å²) in [7, 11) is 0. The molecule has 0 atom stereocenters. The van der Waals surface area contributed by atoms with Crippen molar-refractivity contribution in [1.82, 2.24) is 15.0 Å². The van der Waals surface area contributed by atoms with Gasteiger partial charge in [0.05, 0.1) is 5.52 Å². The molecule has 1 saturated heterocycles. The maximum atomic E-state index is 14.8. The van der Waals surface area contributed by atoms with Crippen LogP contribution in [0.25, 0.3) is 10.9 Å². The van der Waals surface area contributed by atoms with E-state index in [1.54, 1.807) is 12.3 Å². The normalized spacial score (nSPS) is 13.6. The van der Waals surface area contributed by atoms with Crippen molar-refractivity contribution in [3.63, 3.8) is 0 Å². The van der Waals surface area contributed by atoms with Crippen molar-refractivity contribution in [2.24, 2.45) is 0 Å². The molecular weight excluding hydrogens is 523 g/mol. The summed E-state index contributed by atoms with van der Waals surface area (Å²) in [6.07, 6.45) is 2.89. The molecule has 8 heteroatoms. The van der Waals surface area contributed by atoms with E-state index < -0.39 is 0 Å². The van der Waals surface area contributed by atoms with Crippen molar-refractivity contribution in [2.45, 2.75) is 19.8 Å². The highest BCUT2D eigenvalue weighted by Crippen LogP contribution is 2.28. The number of aryl methyl sites for hydroxylation is 3. The zero-order chi connectivity index (χ0) is 27.5. The Bertz CT molecular complexity index is 1640. The topological polar surface area (TPSA) is 57.2 Å². The monoisotopic (exact) mass is 552 g/mol. The molecule has 1 fully saturated rings. The molecular formula is C32H30ClFN6. The van der Waals surface area contributed by atoms with E-state index in [0.29, 0.717) is 23.4 Å². The first-order chi connectivity index (χ1) is 19.5. The Hall–Kier alpha value is -4.23. The van der Waals surface area contributed by atoms with Gasteiger partial charge in [0, 0.05) is 71.2 Å². The van der Waals surface area contributed by atoms with Crippen molar-refractivity contribution in [2.75, 3.05) is 41.3 Å². The minimum absolute atomic E-state index is 0.222. The summed E-state index contributed by atoms with van der Waals surface area (Å²) < 4.78 is 14.8. The Labute approximate surface area is 238 Å². The number of piperazine rings is 1. The highest BCUT2D eigenvalue weighted by Gasteiger charge is 2.20. The number of hydrogen-bond donors (Lipinski definition) is 1. The fourth-order valence-corrected chi connectivity index (χ4v) is 5.35. The summed E-state index contributed by atoms with van der Waals surface area (Å²) in [6.45, 7) is 5.54. The van der Waals surface area contributed by atoms with E-state index in [0.717, 1.165) is 65.8 Å². The van der Waals surface area contributed by atoms with Crippen LogP contribution >= 0.6 is 11.6 Å². The number of aromatic nitrogens is 3. The Kier molecular flexibility index (Phi) is 7.47. The van der Waals surface area contributed by atoms with Gasteiger partial charge in [-0.05, 0) is 86.0 Å². The molecule has 6 rings (SSSR count). The van der Waals surface area contributed by atoms with Crippen LogP contribution in [0.5, 0.6) is 0 Å². The molecule has 1 aliphatic heterocycles. The zero-order valence-corrected chi connectivity index (χ0v) is 23.1. The maximum absolute atomic E-state index is 14.8. The first-order valence-electron chi connectivity index (χ1n) is 13.5. The molecule has 3 aromatic carbocycles. The predicted molar refractivity (Wildman–Crippen MR) is 161 cm³/mol. The summed E-state index contributed by atoms with van der Waals surface area (Å²) in [5.41, 5.74) is 6.23. The number of rotatable bonds is 7. The largest absolute Gasteiger partial charge is 0.368 e. The van der Waals surface area contributed by atoms with Gasteiger partial charge >= 0.3 is 0 Å². The molecule has 0 aliphatic carbocycles. The molecule has 0 radical (unpaired) electrons. The Morgan fingerprint density at radius 1 is 0.850 bits per heavy atom. The molecule has 0 bridgehead atoms. The molecule has 202 valence electrons. The summed E-state index contributed by atoms with van der Waals surface area (Å²) in [4.78, 5) is 18.6. The van der Waals surface area contributed by atoms with Gasteiger partial charge in [-0.15, -0.1) is 0 Å². The van der Waals surface area contributed by atoms with Gasteiger partial charge in [-0.1, -0.05) is 29.8 Å². The van der Waals surface area contributed by atoms with Crippen LogP contribution in [0.2, 0.25) is 5.02 Å². The number of nitrogens with zero attached hydrogens (tertiary/aromatic N) is 5. The lowest BCUT2D eigenvalue weighted by molar-refractivity contribution is 0.607. The second kappa shape index (κ2) is 11.5. The highest BCUT2D eigenvalue weighted by atomic mass is 35.5. The number of hydrogen-bond acceptors (Lipinski definition) is 6. The molecule has 3 heterocycles. The Morgan fingerprint density at radius 2 is 1.65 bits per heavy atom. The van der Waals surface area contributed by atoms with Gasteiger partial charge in [0.2, 0.25) is 5.95 Å². The van der Waals surface area contributed by atoms with Crippen LogP contribution in [0.3, 0.4) is 0 Å². The van der Waals surface area contributed by atoms with Crippen molar-refractivity contribution in [3.8, 4) is 0 Å². The third kappa shape index (κ3) is 5.84. The number of benzene rings is 3. The highest BCUT2D eigenvalue weighted by molar-refractivity contribution is 6.31. The van der Waals surface area contributed by atoms with Gasteiger partial charge in [-0.3, -0.25) is 4.98 Å². The lowest BCUT2D eigenvalue weighted by Gasteiger charge is -2.36. The molecule has 0 unspecified atom stereocenters. The summed E-state index contributed by atoms with van der Waals surface area (Å²) in [5, 5.41) is 5.01. The molecule has 2 aromatic heterocycles. The molecule has 0 amide bonds. The maximum Gasteiger partial charge on any atom is 0.225 e. The molecule has 0 spiro atoms. The van der Waals surface area contributed by atoms with Crippen molar-refractivity contribution < 1.29 is 4.39 Å². The Morgan fingerprint density at radius 3 is 2.48 bits per heavy atom. The number of fused-ring (bicyclic) bond motifs is 1. The number of anilines is 4. The third-order valence-corrected chi connectivity index (χ3v) is 7.49. The van der Waals surface area contributed by atoms with Gasteiger partial charge in [0.1, 0.15) is 5.82 Å². The standard InChI is InChI=1S/C32H30ClFN6/c1-22-19-25(38-32(36-22)40-17-15-39(16-18-40)27-5-3-2-4-6-27)9-7-23-20-26(10-12-29(23)34)37-30-13-14-35-31-21-24(33)8-11-28(30)31/h2-6,8,10-14,19-21H,7,9,15-18H2,1H3,(H,35,37). The van der Waals surface area contributed by atoms with Gasteiger partial charge in [0.15, 0.2) is 0 Å². The second-order valence-corrected chi connectivity index (χ2v) is 10.5. The lowest BCUT2D eigenvalue weighted by atomic mass is 10.1. The minimum Gasteiger partial charge on any atom is -0.368 e. The van der Waals surface area contributed by atoms with Crippen LogP contribution in [0.1, 0.15) is 17.0 Å². The van der Waals surface area contributed by atoms with Gasteiger partial charge in [-0.25, -0.2) is 14.4 Å². The SMILES string of the molecule is Cc1cc(CCc2cc(Nc3ccnc4cc(Cl)ccc34)ccc2F)nc(N2CCN(c3ccccc3)CC2)n1. The fraction of sp³-hybridized carbons (Fsp3) is 0.219. The number of pyridine rings is 1. The van der Waals surface area contributed by atoms with Gasteiger partial charge in [0.25, 0.3) is 0 Å².